The Morgan fingerprint density at radius 2 is 1.59 bits per heavy atom. The lowest BCUT2D eigenvalue weighted by Gasteiger charge is -2.17. The fraction of sp³-hybridized carbons (Fsp3) is 0.222. The van der Waals surface area contributed by atoms with E-state index >= 15 is 0 Å². The molecular weight excluding hydrogens is 352 g/mol. The molecule has 0 amide bonds. The summed E-state index contributed by atoms with van der Waals surface area (Å²) in [7, 11) is 6.05. The zero-order valence-corrected chi connectivity index (χ0v) is 15.4. The van der Waals surface area contributed by atoms with Crippen LogP contribution in [0.2, 0.25) is 0 Å². The number of anilines is 1. The molecule has 0 saturated heterocycles. The molecule has 3 rings (SSSR count). The molecule has 0 fully saturated rings. The molecule has 3 aromatic rings. The summed E-state index contributed by atoms with van der Waals surface area (Å²) in [5, 5.41) is 0.338. The third kappa shape index (κ3) is 3.08. The molecule has 27 heavy (non-hydrogen) atoms. The molecule has 0 aliphatic rings. The van der Waals surface area contributed by atoms with Crippen LogP contribution in [0.4, 0.5) is 5.95 Å². The fourth-order valence-electron chi connectivity index (χ4n) is 2.80. The maximum Gasteiger partial charge on any atom is 0.267 e. The largest absolute Gasteiger partial charge is 0.497 e. The Bertz CT molecular complexity index is 1050. The van der Waals surface area contributed by atoms with Gasteiger partial charge in [-0.15, -0.1) is 0 Å². The summed E-state index contributed by atoms with van der Waals surface area (Å²) >= 11 is 0. The van der Waals surface area contributed by atoms with Crippen molar-refractivity contribution in [3.63, 3.8) is 0 Å². The van der Waals surface area contributed by atoms with E-state index in [-0.39, 0.29) is 11.5 Å². The summed E-state index contributed by atoms with van der Waals surface area (Å²) in [6.45, 7) is 0. The number of aromatic nitrogens is 2. The van der Waals surface area contributed by atoms with Crippen LogP contribution in [0.1, 0.15) is 0 Å². The zero-order valence-electron chi connectivity index (χ0n) is 15.4. The number of methoxy groups -OCH3 is 4. The van der Waals surface area contributed by atoms with Crippen LogP contribution in [0.25, 0.3) is 16.6 Å². The summed E-state index contributed by atoms with van der Waals surface area (Å²) in [5.74, 6) is 7.66. The van der Waals surface area contributed by atoms with E-state index in [0.29, 0.717) is 39.6 Å². The van der Waals surface area contributed by atoms with Gasteiger partial charge in [0.15, 0.2) is 11.5 Å². The third-order valence-corrected chi connectivity index (χ3v) is 4.13. The van der Waals surface area contributed by atoms with Crippen LogP contribution in [0, 0.1) is 0 Å². The predicted molar refractivity (Wildman–Crippen MR) is 101 cm³/mol. The Morgan fingerprint density at radius 3 is 2.19 bits per heavy atom. The highest BCUT2D eigenvalue weighted by Gasteiger charge is 2.18. The molecule has 1 aromatic heterocycles. The SMILES string of the molecule is COc1ccc(-n2c(NN)nc3cc(OC)c(OC)cc3c2=O)c(OC)c1. The van der Waals surface area contributed by atoms with Crippen LogP contribution in [0.5, 0.6) is 23.0 Å². The molecule has 1 heterocycles. The maximum absolute atomic E-state index is 13.2. The van der Waals surface area contributed by atoms with Crippen molar-refractivity contribution in [1.82, 2.24) is 9.55 Å². The number of nitrogens with two attached hydrogens (primary N) is 1. The Morgan fingerprint density at radius 1 is 0.926 bits per heavy atom. The molecule has 9 nitrogen and oxygen atoms in total. The Kier molecular flexibility index (Phi) is 5.04. The monoisotopic (exact) mass is 372 g/mol. The molecule has 142 valence electrons. The number of ether oxygens (including phenoxy) is 4. The van der Waals surface area contributed by atoms with Crippen molar-refractivity contribution in [1.29, 1.82) is 0 Å². The Balaban J connectivity index is 2.36. The summed E-state index contributed by atoms with van der Waals surface area (Å²) < 4.78 is 22.5. The number of benzene rings is 2. The molecule has 3 N–H and O–H groups in total. The number of hydrogen-bond donors (Lipinski definition) is 2. The smallest absolute Gasteiger partial charge is 0.267 e. The molecular formula is C18H20N4O5. The maximum atomic E-state index is 13.2. The quantitative estimate of drug-likeness (QED) is 0.497. The van der Waals surface area contributed by atoms with Crippen molar-refractivity contribution < 1.29 is 18.9 Å². The highest BCUT2D eigenvalue weighted by atomic mass is 16.5. The minimum Gasteiger partial charge on any atom is -0.497 e. The second kappa shape index (κ2) is 7.42. The number of hydrazine groups is 1. The summed E-state index contributed by atoms with van der Waals surface area (Å²) in [6.07, 6.45) is 0. The minimum absolute atomic E-state index is 0.142. The molecule has 0 radical (unpaired) electrons. The van der Waals surface area contributed by atoms with Gasteiger partial charge in [-0.2, -0.15) is 0 Å². The highest BCUT2D eigenvalue weighted by molar-refractivity contribution is 5.83. The summed E-state index contributed by atoms with van der Waals surface area (Å²) in [6, 6.07) is 8.26. The second-order valence-corrected chi connectivity index (χ2v) is 5.48. The number of fused-ring (bicyclic) bond motifs is 1. The predicted octanol–water partition coefficient (Wildman–Crippen LogP) is 1.71. The van der Waals surface area contributed by atoms with Gasteiger partial charge in [-0.25, -0.2) is 15.4 Å². The van der Waals surface area contributed by atoms with Gasteiger partial charge in [0.1, 0.15) is 11.5 Å². The average Bonchev–Trinajstić information content (AvgIpc) is 2.72. The first-order chi connectivity index (χ1) is 13.1. The van der Waals surface area contributed by atoms with Crippen molar-refractivity contribution in [2.24, 2.45) is 5.84 Å². The van der Waals surface area contributed by atoms with Crippen LogP contribution < -0.4 is 35.8 Å². The van der Waals surface area contributed by atoms with E-state index in [1.54, 1.807) is 37.4 Å². The standard InChI is InChI=1S/C18H20N4O5/c1-24-10-5-6-13(14(7-10)25-2)22-17(23)11-8-15(26-3)16(27-4)9-12(11)20-18(22)21-19/h5-9H,19H2,1-4H3,(H,20,21). The molecule has 0 atom stereocenters. The van der Waals surface area contributed by atoms with Crippen molar-refractivity contribution >= 4 is 16.9 Å². The average molecular weight is 372 g/mol. The summed E-state index contributed by atoms with van der Waals surface area (Å²) in [4.78, 5) is 17.7. The van der Waals surface area contributed by atoms with Gasteiger partial charge in [0.25, 0.3) is 5.56 Å². The number of nitrogens with one attached hydrogen (secondary N) is 1. The molecule has 0 spiro atoms. The normalized spacial score (nSPS) is 10.6. The molecule has 2 aromatic carbocycles. The van der Waals surface area contributed by atoms with Gasteiger partial charge in [0, 0.05) is 12.1 Å². The van der Waals surface area contributed by atoms with E-state index in [2.05, 4.69) is 10.4 Å². The zero-order chi connectivity index (χ0) is 19.6. The molecule has 0 saturated carbocycles. The molecule has 9 heteroatoms. The van der Waals surface area contributed by atoms with E-state index in [1.165, 1.54) is 25.9 Å². The van der Waals surface area contributed by atoms with Gasteiger partial charge in [-0.05, 0) is 18.2 Å². The number of nitrogen functional groups attached to an aromatic ring is 1. The van der Waals surface area contributed by atoms with Crippen molar-refractivity contribution in [3.05, 3.63) is 40.7 Å². The molecule has 0 aliphatic carbocycles. The summed E-state index contributed by atoms with van der Waals surface area (Å²) in [5.41, 5.74) is 2.99. The molecule has 0 aliphatic heterocycles. The number of hydrogen-bond acceptors (Lipinski definition) is 8. The van der Waals surface area contributed by atoms with Gasteiger partial charge >= 0.3 is 0 Å². The van der Waals surface area contributed by atoms with E-state index in [0.717, 1.165) is 0 Å². The number of rotatable bonds is 6. The minimum atomic E-state index is -0.350. The van der Waals surface area contributed by atoms with Crippen molar-refractivity contribution in [2.45, 2.75) is 0 Å². The van der Waals surface area contributed by atoms with Crippen LogP contribution in [-0.2, 0) is 0 Å². The first kappa shape index (κ1) is 18.3. The van der Waals surface area contributed by atoms with Gasteiger partial charge in [0.05, 0.1) is 45.0 Å². The topological polar surface area (TPSA) is 110 Å². The van der Waals surface area contributed by atoms with E-state index in [4.69, 9.17) is 24.8 Å². The Labute approximate surface area is 155 Å². The van der Waals surface area contributed by atoms with Gasteiger partial charge in [0.2, 0.25) is 5.95 Å². The van der Waals surface area contributed by atoms with Crippen LogP contribution in [0.15, 0.2) is 35.1 Å². The lowest BCUT2D eigenvalue weighted by Crippen LogP contribution is -2.26. The van der Waals surface area contributed by atoms with E-state index < -0.39 is 0 Å². The van der Waals surface area contributed by atoms with Gasteiger partial charge in [-0.3, -0.25) is 10.2 Å². The third-order valence-electron chi connectivity index (χ3n) is 4.13. The highest BCUT2D eigenvalue weighted by Crippen LogP contribution is 2.32. The number of nitrogens with zero attached hydrogens (tertiary/aromatic N) is 2. The molecule has 0 unspecified atom stereocenters. The van der Waals surface area contributed by atoms with Crippen molar-refractivity contribution in [3.8, 4) is 28.7 Å². The van der Waals surface area contributed by atoms with Crippen molar-refractivity contribution in [2.75, 3.05) is 33.9 Å². The van der Waals surface area contributed by atoms with Gasteiger partial charge < -0.3 is 18.9 Å². The first-order valence-corrected chi connectivity index (χ1v) is 7.95. The Hall–Kier alpha value is -3.46. The molecule has 0 bridgehead atoms. The lowest BCUT2D eigenvalue weighted by molar-refractivity contribution is 0.355. The van der Waals surface area contributed by atoms with Crippen LogP contribution in [0.3, 0.4) is 0 Å². The van der Waals surface area contributed by atoms with E-state index in [9.17, 15) is 4.79 Å². The van der Waals surface area contributed by atoms with Crippen LogP contribution in [-0.4, -0.2) is 38.0 Å². The van der Waals surface area contributed by atoms with E-state index in [1.807, 2.05) is 0 Å². The van der Waals surface area contributed by atoms with Gasteiger partial charge in [-0.1, -0.05) is 0 Å². The van der Waals surface area contributed by atoms with Crippen LogP contribution >= 0.6 is 0 Å². The lowest BCUT2D eigenvalue weighted by atomic mass is 10.2. The first-order valence-electron chi connectivity index (χ1n) is 7.95. The second-order valence-electron chi connectivity index (χ2n) is 5.48. The fourth-order valence-corrected chi connectivity index (χ4v) is 2.80.